The minimum atomic E-state index is 0.310. The first kappa shape index (κ1) is 15.7. The Bertz CT molecular complexity index is 552. The van der Waals surface area contributed by atoms with E-state index in [0.717, 1.165) is 19.3 Å². The van der Waals surface area contributed by atoms with Crippen LogP contribution in [-0.2, 0) is 12.8 Å². The monoisotopic (exact) mass is 282 g/mol. The maximum Gasteiger partial charge on any atom is 0.0254 e. The molecule has 0 aliphatic carbocycles. The molecule has 3 N–H and O–H groups in total. The number of aryl methyl sites for hydroxylation is 4. The van der Waals surface area contributed by atoms with Gasteiger partial charge in [-0.15, -0.1) is 0 Å². The third-order valence-corrected chi connectivity index (χ3v) is 4.15. The highest BCUT2D eigenvalue weighted by Gasteiger charge is 2.12. The van der Waals surface area contributed by atoms with Gasteiger partial charge in [-0.1, -0.05) is 48.0 Å². The molecular weight excluding hydrogens is 256 g/mol. The molecular formula is C19H26N2. The third kappa shape index (κ3) is 4.42. The lowest BCUT2D eigenvalue weighted by Crippen LogP contribution is -2.37. The number of rotatable bonds is 6. The molecule has 0 fully saturated rings. The molecule has 2 aromatic rings. The van der Waals surface area contributed by atoms with Crippen molar-refractivity contribution in [2.45, 2.75) is 46.1 Å². The SMILES string of the molecule is Cc1cc(C)c(CC(CCc2ccccc2)NN)c(C)c1. The molecule has 2 nitrogen and oxygen atoms in total. The van der Waals surface area contributed by atoms with Crippen LogP contribution in [0.3, 0.4) is 0 Å². The molecule has 2 aromatic carbocycles. The number of benzene rings is 2. The van der Waals surface area contributed by atoms with Gasteiger partial charge in [-0.25, -0.2) is 0 Å². The lowest BCUT2D eigenvalue weighted by molar-refractivity contribution is 0.490. The zero-order valence-corrected chi connectivity index (χ0v) is 13.3. The van der Waals surface area contributed by atoms with Gasteiger partial charge in [0.15, 0.2) is 0 Å². The first-order valence-electron chi connectivity index (χ1n) is 7.67. The van der Waals surface area contributed by atoms with Crippen LogP contribution in [0.25, 0.3) is 0 Å². The average Bonchev–Trinajstić information content (AvgIpc) is 2.47. The van der Waals surface area contributed by atoms with E-state index in [1.54, 1.807) is 0 Å². The summed E-state index contributed by atoms with van der Waals surface area (Å²) in [5.41, 5.74) is 9.85. The van der Waals surface area contributed by atoms with E-state index in [-0.39, 0.29) is 0 Å². The van der Waals surface area contributed by atoms with Crippen LogP contribution in [0.1, 0.15) is 34.2 Å². The largest absolute Gasteiger partial charge is 0.271 e. The molecule has 0 aliphatic rings. The Kier molecular flexibility index (Phi) is 5.54. The zero-order valence-electron chi connectivity index (χ0n) is 13.3. The molecule has 1 unspecified atom stereocenters. The van der Waals surface area contributed by atoms with Crippen LogP contribution in [0.5, 0.6) is 0 Å². The Labute approximate surface area is 128 Å². The Balaban J connectivity index is 2.02. The van der Waals surface area contributed by atoms with Gasteiger partial charge < -0.3 is 0 Å². The molecule has 112 valence electrons. The van der Waals surface area contributed by atoms with E-state index in [4.69, 9.17) is 5.84 Å². The minimum absolute atomic E-state index is 0.310. The van der Waals surface area contributed by atoms with Crippen molar-refractivity contribution in [2.75, 3.05) is 0 Å². The van der Waals surface area contributed by atoms with Gasteiger partial charge in [0.25, 0.3) is 0 Å². The number of hydrogen-bond acceptors (Lipinski definition) is 2. The first-order chi connectivity index (χ1) is 10.1. The van der Waals surface area contributed by atoms with Gasteiger partial charge >= 0.3 is 0 Å². The summed E-state index contributed by atoms with van der Waals surface area (Å²) < 4.78 is 0. The van der Waals surface area contributed by atoms with Crippen LogP contribution in [0, 0.1) is 20.8 Å². The predicted octanol–water partition coefficient (Wildman–Crippen LogP) is 3.62. The van der Waals surface area contributed by atoms with Crippen LogP contribution in [-0.4, -0.2) is 6.04 Å². The van der Waals surface area contributed by atoms with Crippen LogP contribution in [0.2, 0.25) is 0 Å². The molecule has 0 saturated heterocycles. The van der Waals surface area contributed by atoms with Crippen molar-refractivity contribution < 1.29 is 0 Å². The van der Waals surface area contributed by atoms with Gasteiger partial charge in [-0.2, -0.15) is 0 Å². The van der Waals surface area contributed by atoms with E-state index in [9.17, 15) is 0 Å². The zero-order chi connectivity index (χ0) is 15.2. The second-order valence-corrected chi connectivity index (χ2v) is 5.97. The molecule has 21 heavy (non-hydrogen) atoms. The Morgan fingerprint density at radius 2 is 1.62 bits per heavy atom. The summed E-state index contributed by atoms with van der Waals surface area (Å²) in [5, 5.41) is 0. The normalized spacial score (nSPS) is 12.4. The van der Waals surface area contributed by atoms with E-state index < -0.39 is 0 Å². The minimum Gasteiger partial charge on any atom is -0.271 e. The maximum atomic E-state index is 5.76. The van der Waals surface area contributed by atoms with Gasteiger partial charge in [0.05, 0.1) is 0 Å². The van der Waals surface area contributed by atoms with Crippen molar-refractivity contribution in [2.24, 2.45) is 5.84 Å². The Hall–Kier alpha value is -1.64. The van der Waals surface area contributed by atoms with E-state index in [1.165, 1.54) is 27.8 Å². The molecule has 0 aliphatic heterocycles. The highest BCUT2D eigenvalue weighted by molar-refractivity contribution is 5.38. The summed E-state index contributed by atoms with van der Waals surface area (Å²) in [7, 11) is 0. The molecule has 0 amide bonds. The summed E-state index contributed by atoms with van der Waals surface area (Å²) in [4.78, 5) is 0. The molecule has 2 rings (SSSR count). The van der Waals surface area contributed by atoms with Gasteiger partial charge in [-0.3, -0.25) is 11.3 Å². The van der Waals surface area contributed by atoms with E-state index in [2.05, 4.69) is 68.7 Å². The number of hydrazine groups is 1. The highest BCUT2D eigenvalue weighted by atomic mass is 15.2. The summed E-state index contributed by atoms with van der Waals surface area (Å²) in [6.07, 6.45) is 3.09. The molecule has 0 aromatic heterocycles. The number of nitrogens with two attached hydrogens (primary N) is 1. The Morgan fingerprint density at radius 1 is 1.00 bits per heavy atom. The summed E-state index contributed by atoms with van der Waals surface area (Å²) in [5.74, 6) is 5.76. The second-order valence-electron chi connectivity index (χ2n) is 5.97. The molecule has 1 atom stereocenters. The molecule has 0 bridgehead atoms. The summed E-state index contributed by atoms with van der Waals surface area (Å²) in [6, 6.07) is 15.4. The quantitative estimate of drug-likeness (QED) is 0.627. The topological polar surface area (TPSA) is 38.0 Å². The van der Waals surface area contributed by atoms with Gasteiger partial charge in [0, 0.05) is 6.04 Å². The Morgan fingerprint density at radius 3 is 2.19 bits per heavy atom. The fraction of sp³-hybridized carbons (Fsp3) is 0.368. The standard InChI is InChI=1S/C19H26N2/c1-14-11-15(2)19(16(3)12-14)13-18(21-20)10-9-17-7-5-4-6-8-17/h4-8,11-12,18,21H,9-10,13,20H2,1-3H3. The highest BCUT2D eigenvalue weighted by Crippen LogP contribution is 2.19. The maximum absolute atomic E-state index is 5.76. The van der Waals surface area contributed by atoms with Crippen molar-refractivity contribution in [1.82, 2.24) is 5.43 Å². The fourth-order valence-corrected chi connectivity index (χ4v) is 3.01. The van der Waals surface area contributed by atoms with E-state index >= 15 is 0 Å². The van der Waals surface area contributed by atoms with E-state index in [0.29, 0.717) is 6.04 Å². The van der Waals surface area contributed by atoms with Gasteiger partial charge in [-0.05, 0) is 62.3 Å². The second kappa shape index (κ2) is 7.39. The number of hydrogen-bond donors (Lipinski definition) is 2. The van der Waals surface area contributed by atoms with E-state index in [1.807, 2.05) is 0 Å². The fourth-order valence-electron chi connectivity index (χ4n) is 3.01. The molecule has 0 saturated carbocycles. The lowest BCUT2D eigenvalue weighted by Gasteiger charge is -2.19. The van der Waals surface area contributed by atoms with Crippen LogP contribution in [0.4, 0.5) is 0 Å². The molecule has 0 heterocycles. The summed E-state index contributed by atoms with van der Waals surface area (Å²) >= 11 is 0. The third-order valence-electron chi connectivity index (χ3n) is 4.15. The van der Waals surface area contributed by atoms with Crippen LogP contribution >= 0.6 is 0 Å². The average molecular weight is 282 g/mol. The lowest BCUT2D eigenvalue weighted by atomic mass is 9.92. The number of nitrogens with one attached hydrogen (secondary N) is 1. The van der Waals surface area contributed by atoms with Crippen molar-refractivity contribution in [1.29, 1.82) is 0 Å². The van der Waals surface area contributed by atoms with Crippen molar-refractivity contribution in [3.05, 3.63) is 70.3 Å². The van der Waals surface area contributed by atoms with Crippen molar-refractivity contribution in [3.63, 3.8) is 0 Å². The molecule has 0 spiro atoms. The van der Waals surface area contributed by atoms with Crippen molar-refractivity contribution in [3.8, 4) is 0 Å². The van der Waals surface area contributed by atoms with Gasteiger partial charge in [0.2, 0.25) is 0 Å². The molecule has 0 radical (unpaired) electrons. The summed E-state index contributed by atoms with van der Waals surface area (Å²) in [6.45, 7) is 6.54. The molecule has 2 heteroatoms. The van der Waals surface area contributed by atoms with Gasteiger partial charge in [0.1, 0.15) is 0 Å². The van der Waals surface area contributed by atoms with Crippen molar-refractivity contribution >= 4 is 0 Å². The predicted molar refractivity (Wildman–Crippen MR) is 90.2 cm³/mol. The van der Waals surface area contributed by atoms with Crippen LogP contribution in [0.15, 0.2) is 42.5 Å². The first-order valence-corrected chi connectivity index (χ1v) is 7.67. The smallest absolute Gasteiger partial charge is 0.0254 e. The van der Waals surface area contributed by atoms with Crippen LogP contribution < -0.4 is 11.3 Å².